The average Bonchev–Trinajstić information content (AvgIpc) is 3.64. The van der Waals surface area contributed by atoms with Crippen molar-refractivity contribution in [2.45, 2.75) is 46.9 Å². The van der Waals surface area contributed by atoms with Crippen LogP contribution in [0.25, 0.3) is 11.4 Å². The van der Waals surface area contributed by atoms with Crippen LogP contribution in [0.1, 0.15) is 45.2 Å². The molecule has 0 N–H and O–H groups in total. The van der Waals surface area contributed by atoms with Gasteiger partial charge in [-0.15, -0.1) is 0 Å². The van der Waals surface area contributed by atoms with Gasteiger partial charge in [0.25, 0.3) is 20.0 Å². The lowest BCUT2D eigenvalue weighted by molar-refractivity contribution is 0.0332. The number of hydrogen-bond acceptors (Lipinski definition) is 6. The zero-order chi connectivity index (χ0) is 39.2. The Hall–Kier alpha value is -6.10. The van der Waals surface area contributed by atoms with Crippen LogP contribution >= 0.6 is 0 Å². The van der Waals surface area contributed by atoms with Gasteiger partial charge in [0.1, 0.15) is 11.5 Å². The molecule has 8 nitrogen and oxygen atoms in total. The minimum absolute atomic E-state index is 0.000127. The van der Waals surface area contributed by atoms with Crippen molar-refractivity contribution in [2.24, 2.45) is 11.8 Å². The standard InChI is InChI=1S/2C24H19NO3S/c2*26-29(27)23-13-7-5-11-18(23)21-15-19(16-8-2-1-3-9-16)20-14-17-10-4-6-12-22(17)28-24(20)25(21)29/h2*1-13,15,19-20,24H,14H2/t2*19-,20-,24-/m11/s1. The van der Waals surface area contributed by atoms with Crippen LogP contribution in [-0.2, 0) is 32.9 Å². The van der Waals surface area contributed by atoms with Crippen LogP contribution in [0.5, 0.6) is 11.5 Å². The number of fused-ring (bicyclic) bond motifs is 12. The molecule has 6 aromatic rings. The number of benzene rings is 6. The second kappa shape index (κ2) is 13.2. The van der Waals surface area contributed by atoms with Crippen LogP contribution in [0.4, 0.5) is 0 Å². The SMILES string of the molecule is O=S1(=O)c2ccccc2C2=C[C@H](c3ccccc3)[C@H]3Cc4ccccc4O[C@H]3N21.O=S1(=O)c2ccccc2C2=C[C@H](c3ccccc3)[C@H]3Cc4ccccc4O[C@H]3N21. The summed E-state index contributed by atoms with van der Waals surface area (Å²) in [5.41, 5.74) is 7.59. The highest BCUT2D eigenvalue weighted by Gasteiger charge is 2.54. The summed E-state index contributed by atoms with van der Waals surface area (Å²) in [6.07, 6.45) is 4.66. The van der Waals surface area contributed by atoms with E-state index in [0.717, 1.165) is 58.0 Å². The first-order chi connectivity index (χ1) is 28.3. The third kappa shape index (κ3) is 5.31. The summed E-state index contributed by atoms with van der Waals surface area (Å²) < 4.78 is 69.5. The average molecular weight is 803 g/mol. The molecule has 0 aromatic heterocycles. The van der Waals surface area contributed by atoms with Crippen molar-refractivity contribution in [3.63, 3.8) is 0 Å². The van der Waals surface area contributed by atoms with Crippen molar-refractivity contribution in [2.75, 3.05) is 0 Å². The van der Waals surface area contributed by atoms with Gasteiger partial charge in [0.15, 0.2) is 12.5 Å². The number of allylic oxidation sites excluding steroid dienone is 2. The maximum absolute atomic E-state index is 13.4. The summed E-state index contributed by atoms with van der Waals surface area (Å²) in [5.74, 6) is 1.69. The third-order valence-corrected chi connectivity index (χ3v) is 16.1. The van der Waals surface area contributed by atoms with E-state index in [1.165, 1.54) is 19.7 Å². The van der Waals surface area contributed by atoms with Crippen LogP contribution < -0.4 is 9.47 Å². The number of sulfonamides is 2. The predicted molar refractivity (Wildman–Crippen MR) is 221 cm³/mol. The Morgan fingerprint density at radius 1 is 0.431 bits per heavy atom. The normalized spacial score (nSPS) is 25.7. The van der Waals surface area contributed by atoms with Gasteiger partial charge in [0, 0.05) is 34.8 Å². The Bertz CT molecular complexity index is 2700. The molecule has 0 saturated heterocycles. The Morgan fingerprint density at radius 2 is 0.793 bits per heavy atom. The zero-order valence-corrected chi connectivity index (χ0v) is 32.8. The fraction of sp³-hybridized carbons (Fsp3) is 0.167. The van der Waals surface area contributed by atoms with Crippen molar-refractivity contribution in [3.8, 4) is 11.5 Å². The molecule has 12 rings (SSSR count). The van der Waals surface area contributed by atoms with Crippen molar-refractivity contribution in [1.82, 2.24) is 8.61 Å². The molecule has 6 heterocycles. The molecule has 0 saturated carbocycles. The van der Waals surface area contributed by atoms with Gasteiger partial charge >= 0.3 is 0 Å². The first kappa shape index (κ1) is 35.1. The molecule has 6 atom stereocenters. The van der Waals surface area contributed by atoms with Gasteiger partial charge in [-0.05, 0) is 59.4 Å². The Morgan fingerprint density at radius 3 is 1.22 bits per heavy atom. The lowest BCUT2D eigenvalue weighted by atomic mass is 9.76. The molecule has 0 radical (unpaired) electrons. The van der Waals surface area contributed by atoms with Crippen LogP contribution in [0, 0.1) is 11.8 Å². The molecule has 10 heteroatoms. The van der Waals surface area contributed by atoms with E-state index in [1.54, 1.807) is 24.3 Å². The van der Waals surface area contributed by atoms with E-state index in [-0.39, 0.29) is 23.7 Å². The third-order valence-electron chi connectivity index (χ3n) is 12.4. The maximum atomic E-state index is 13.4. The first-order valence-electron chi connectivity index (χ1n) is 19.6. The molecule has 58 heavy (non-hydrogen) atoms. The Kier molecular flexibility index (Phi) is 8.00. The fourth-order valence-electron chi connectivity index (χ4n) is 9.79. The summed E-state index contributed by atoms with van der Waals surface area (Å²) in [4.78, 5) is 0.724. The first-order valence-corrected chi connectivity index (χ1v) is 22.5. The molecule has 0 fully saturated rings. The van der Waals surface area contributed by atoms with Gasteiger partial charge in [-0.2, -0.15) is 0 Å². The molecule has 288 valence electrons. The summed E-state index contributed by atoms with van der Waals surface area (Å²) in [6.45, 7) is 0. The number of ether oxygens (including phenoxy) is 2. The molecule has 0 unspecified atom stereocenters. The van der Waals surface area contributed by atoms with E-state index in [2.05, 4.69) is 48.6 Å². The lowest BCUT2D eigenvalue weighted by Gasteiger charge is -2.45. The molecule has 6 aliphatic heterocycles. The molecule has 0 bridgehead atoms. The van der Waals surface area contributed by atoms with Gasteiger partial charge in [-0.3, -0.25) is 0 Å². The van der Waals surface area contributed by atoms with Crippen molar-refractivity contribution < 1.29 is 26.3 Å². The van der Waals surface area contributed by atoms with E-state index in [0.29, 0.717) is 9.79 Å². The summed E-state index contributed by atoms with van der Waals surface area (Å²) >= 11 is 0. The van der Waals surface area contributed by atoms with Crippen LogP contribution in [0.2, 0.25) is 0 Å². The van der Waals surface area contributed by atoms with Gasteiger partial charge in [0.05, 0.1) is 21.2 Å². The highest BCUT2D eigenvalue weighted by atomic mass is 32.2. The molecule has 0 spiro atoms. The van der Waals surface area contributed by atoms with Crippen LogP contribution in [0.3, 0.4) is 0 Å². The second-order valence-corrected chi connectivity index (χ2v) is 19.1. The van der Waals surface area contributed by atoms with E-state index >= 15 is 0 Å². The quantitative estimate of drug-likeness (QED) is 0.174. The fourth-order valence-corrected chi connectivity index (χ4v) is 13.4. The van der Waals surface area contributed by atoms with Crippen molar-refractivity contribution in [3.05, 3.63) is 203 Å². The van der Waals surface area contributed by atoms with Gasteiger partial charge < -0.3 is 9.47 Å². The van der Waals surface area contributed by atoms with Gasteiger partial charge in [-0.25, -0.2) is 25.4 Å². The summed E-state index contributed by atoms with van der Waals surface area (Å²) in [7, 11) is -7.29. The molecule has 0 aliphatic carbocycles. The zero-order valence-electron chi connectivity index (χ0n) is 31.2. The Labute approximate surface area is 338 Å². The van der Waals surface area contributed by atoms with E-state index in [9.17, 15) is 16.8 Å². The Balaban J connectivity index is 0.000000133. The molecule has 6 aliphatic rings. The van der Waals surface area contributed by atoms with Crippen LogP contribution in [0.15, 0.2) is 180 Å². The number of hydrogen-bond donors (Lipinski definition) is 0. The molecule has 6 aromatic carbocycles. The maximum Gasteiger partial charge on any atom is 0.268 e. The number of rotatable bonds is 2. The van der Waals surface area contributed by atoms with Crippen LogP contribution in [-0.4, -0.2) is 37.9 Å². The predicted octanol–water partition coefficient (Wildman–Crippen LogP) is 8.81. The van der Waals surface area contributed by atoms with E-state index in [4.69, 9.17) is 9.47 Å². The van der Waals surface area contributed by atoms with Crippen molar-refractivity contribution in [1.29, 1.82) is 0 Å². The number of para-hydroxylation sites is 2. The minimum atomic E-state index is -3.64. The highest BCUT2D eigenvalue weighted by Crippen LogP contribution is 2.54. The lowest BCUT2D eigenvalue weighted by Crippen LogP contribution is -2.51. The van der Waals surface area contributed by atoms with Gasteiger partial charge in [0.2, 0.25) is 0 Å². The topological polar surface area (TPSA) is 93.2 Å². The summed E-state index contributed by atoms with van der Waals surface area (Å²) in [6, 6.07) is 51.0. The van der Waals surface area contributed by atoms with E-state index < -0.39 is 32.5 Å². The molecular weight excluding hydrogens is 765 g/mol. The summed E-state index contributed by atoms with van der Waals surface area (Å²) in [5, 5.41) is 0. The molecular formula is C48H38N2O6S2. The monoisotopic (exact) mass is 802 g/mol. The minimum Gasteiger partial charge on any atom is -0.469 e. The largest absolute Gasteiger partial charge is 0.469 e. The van der Waals surface area contributed by atoms with E-state index in [1.807, 2.05) is 97.1 Å². The highest BCUT2D eigenvalue weighted by molar-refractivity contribution is 7.90. The number of nitrogens with zero attached hydrogens (tertiary/aromatic N) is 2. The second-order valence-electron chi connectivity index (χ2n) is 15.5. The van der Waals surface area contributed by atoms with Gasteiger partial charge in [-0.1, -0.05) is 146 Å². The molecule has 0 amide bonds. The van der Waals surface area contributed by atoms with Crippen molar-refractivity contribution >= 4 is 31.4 Å². The smallest absolute Gasteiger partial charge is 0.268 e.